The Morgan fingerprint density at radius 2 is 1.74 bits per heavy atom. The summed E-state index contributed by atoms with van der Waals surface area (Å²) in [4.78, 5) is 27.1. The number of anilines is 1. The number of benzene rings is 1. The molecule has 2 amide bonds. The Morgan fingerprint density at radius 3 is 2.33 bits per heavy atom. The molecule has 1 saturated carbocycles. The minimum absolute atomic E-state index is 0.0217. The highest BCUT2D eigenvalue weighted by molar-refractivity contribution is 5.92. The van der Waals surface area contributed by atoms with E-state index in [2.05, 4.69) is 5.32 Å². The second-order valence-corrected chi connectivity index (χ2v) is 8.09. The number of piperidine rings is 1. The van der Waals surface area contributed by atoms with Gasteiger partial charge in [-0.15, -0.1) is 0 Å². The first-order valence-corrected chi connectivity index (χ1v) is 10.1. The maximum Gasteiger partial charge on any atom is 0.227 e. The average molecular weight is 375 g/mol. The number of carbonyl (C=O) groups is 2. The lowest BCUT2D eigenvalue weighted by Crippen LogP contribution is -2.45. The highest BCUT2D eigenvalue weighted by Gasteiger charge is 2.35. The zero-order valence-electron chi connectivity index (χ0n) is 15.9. The highest BCUT2D eigenvalue weighted by Crippen LogP contribution is 2.39. The lowest BCUT2D eigenvalue weighted by Gasteiger charge is -2.38. The van der Waals surface area contributed by atoms with Gasteiger partial charge in [0.1, 0.15) is 5.82 Å². The largest absolute Gasteiger partial charge is 0.343 e. The number of halogens is 1. The number of carbonyl (C=O) groups excluding carboxylic acids is 2. The van der Waals surface area contributed by atoms with Crippen LogP contribution in [0.4, 0.5) is 10.1 Å². The van der Waals surface area contributed by atoms with Crippen molar-refractivity contribution in [3.05, 3.63) is 30.1 Å². The Bertz CT molecular complexity index is 648. The quantitative estimate of drug-likeness (QED) is 0.829. The monoisotopic (exact) mass is 375 g/mol. The van der Waals surface area contributed by atoms with Gasteiger partial charge in [-0.05, 0) is 61.9 Å². The number of nitrogens with zero attached hydrogens (tertiary/aromatic N) is 1. The van der Waals surface area contributed by atoms with Crippen molar-refractivity contribution in [2.75, 3.05) is 25.0 Å². The van der Waals surface area contributed by atoms with Crippen molar-refractivity contribution in [3.8, 4) is 0 Å². The van der Waals surface area contributed by atoms with Crippen LogP contribution in [0, 0.1) is 17.2 Å². The van der Waals surface area contributed by atoms with Gasteiger partial charge in [0, 0.05) is 31.1 Å². The molecule has 1 aliphatic heterocycles. The molecule has 2 aliphatic rings. The molecule has 0 radical (unpaired) electrons. The van der Waals surface area contributed by atoms with Crippen LogP contribution in [0.2, 0.25) is 0 Å². The second-order valence-electron chi connectivity index (χ2n) is 8.09. The zero-order valence-corrected chi connectivity index (χ0v) is 15.9. The molecule has 0 aromatic heterocycles. The molecule has 1 saturated heterocycles. The molecule has 27 heavy (non-hydrogen) atoms. The maximum atomic E-state index is 13.0. The van der Waals surface area contributed by atoms with Gasteiger partial charge < -0.3 is 16.0 Å². The molecule has 3 N–H and O–H groups in total. The molecule has 6 heteroatoms. The minimum atomic E-state index is -0.326. The molecule has 1 aromatic carbocycles. The molecule has 0 bridgehead atoms. The number of rotatable bonds is 5. The predicted octanol–water partition coefficient (Wildman–Crippen LogP) is 3.30. The van der Waals surface area contributed by atoms with Crippen LogP contribution in [0.5, 0.6) is 0 Å². The molecular formula is C21H30FN3O2. The van der Waals surface area contributed by atoms with E-state index in [0.29, 0.717) is 44.6 Å². The van der Waals surface area contributed by atoms with E-state index in [1.165, 1.54) is 18.6 Å². The number of nitrogens with two attached hydrogens (primary N) is 1. The van der Waals surface area contributed by atoms with E-state index in [9.17, 15) is 14.0 Å². The number of amides is 2. The molecule has 3 rings (SSSR count). The fourth-order valence-electron chi connectivity index (χ4n) is 4.36. The lowest BCUT2D eigenvalue weighted by molar-refractivity contribution is -0.137. The minimum Gasteiger partial charge on any atom is -0.343 e. The van der Waals surface area contributed by atoms with Crippen LogP contribution in [-0.4, -0.2) is 36.3 Å². The number of hydrogen-bond acceptors (Lipinski definition) is 3. The first-order valence-electron chi connectivity index (χ1n) is 10.1. The van der Waals surface area contributed by atoms with Gasteiger partial charge in [0.15, 0.2) is 0 Å². The van der Waals surface area contributed by atoms with Crippen LogP contribution in [0.3, 0.4) is 0 Å². The Hall–Kier alpha value is -1.95. The first kappa shape index (κ1) is 19.8. The van der Waals surface area contributed by atoms with Gasteiger partial charge in [0.2, 0.25) is 11.8 Å². The van der Waals surface area contributed by atoms with Gasteiger partial charge in [0.25, 0.3) is 0 Å². The van der Waals surface area contributed by atoms with Crippen LogP contribution in [0.1, 0.15) is 51.4 Å². The summed E-state index contributed by atoms with van der Waals surface area (Å²) in [6.07, 6.45) is 7.52. The van der Waals surface area contributed by atoms with Gasteiger partial charge in [-0.25, -0.2) is 4.39 Å². The van der Waals surface area contributed by atoms with Crippen LogP contribution < -0.4 is 11.1 Å². The van der Waals surface area contributed by atoms with Crippen molar-refractivity contribution in [2.24, 2.45) is 17.1 Å². The molecular weight excluding hydrogens is 345 g/mol. The summed E-state index contributed by atoms with van der Waals surface area (Å²) in [5.74, 6) is -0.315. The summed E-state index contributed by atoms with van der Waals surface area (Å²) in [5.41, 5.74) is 6.59. The summed E-state index contributed by atoms with van der Waals surface area (Å²) >= 11 is 0. The Kier molecular flexibility index (Phi) is 6.47. The van der Waals surface area contributed by atoms with E-state index in [1.54, 1.807) is 12.1 Å². The first-order chi connectivity index (χ1) is 13.0. The maximum absolute atomic E-state index is 13.0. The summed E-state index contributed by atoms with van der Waals surface area (Å²) < 4.78 is 13.0. The number of nitrogens with one attached hydrogen (secondary N) is 1. The van der Waals surface area contributed by atoms with Gasteiger partial charge in [-0.3, -0.25) is 9.59 Å². The van der Waals surface area contributed by atoms with Crippen molar-refractivity contribution in [1.29, 1.82) is 0 Å². The van der Waals surface area contributed by atoms with Crippen molar-refractivity contribution >= 4 is 17.5 Å². The van der Waals surface area contributed by atoms with Gasteiger partial charge in [-0.2, -0.15) is 0 Å². The molecule has 1 aromatic rings. The van der Waals surface area contributed by atoms with Crippen molar-refractivity contribution in [2.45, 2.75) is 51.4 Å². The average Bonchev–Trinajstić information content (AvgIpc) is 2.70. The SMILES string of the molecule is NCC1(CC(=O)N2CCC(C(=O)Nc3ccc(F)cc3)CC2)CCCCC1. The van der Waals surface area contributed by atoms with Gasteiger partial charge in [-0.1, -0.05) is 19.3 Å². The summed E-state index contributed by atoms with van der Waals surface area (Å²) in [5, 5.41) is 2.84. The standard InChI is InChI=1S/C21H30FN3O2/c22-17-4-6-18(7-5-17)24-20(27)16-8-12-25(13-9-16)19(26)14-21(15-23)10-2-1-3-11-21/h4-7,16H,1-3,8-15,23H2,(H,24,27). The van der Waals surface area contributed by atoms with E-state index >= 15 is 0 Å². The Balaban J connectivity index is 1.48. The third kappa shape index (κ3) is 5.06. The topological polar surface area (TPSA) is 75.4 Å². The van der Waals surface area contributed by atoms with Crippen LogP contribution >= 0.6 is 0 Å². The third-order valence-electron chi connectivity index (χ3n) is 6.20. The van der Waals surface area contributed by atoms with E-state index in [0.717, 1.165) is 25.7 Å². The third-order valence-corrected chi connectivity index (χ3v) is 6.20. The number of likely N-dealkylation sites (tertiary alicyclic amines) is 1. The van der Waals surface area contributed by atoms with Crippen molar-refractivity contribution in [1.82, 2.24) is 4.90 Å². The second kappa shape index (κ2) is 8.83. The normalized spacial score (nSPS) is 20.3. The van der Waals surface area contributed by atoms with Gasteiger partial charge in [0.05, 0.1) is 0 Å². The van der Waals surface area contributed by atoms with Crippen LogP contribution in [0.15, 0.2) is 24.3 Å². The summed E-state index contributed by atoms with van der Waals surface area (Å²) in [6, 6.07) is 5.77. The Labute approximate surface area is 160 Å². The van der Waals surface area contributed by atoms with E-state index in [-0.39, 0.29) is 29.0 Å². The zero-order chi connectivity index (χ0) is 19.3. The summed E-state index contributed by atoms with van der Waals surface area (Å²) in [7, 11) is 0. The molecule has 1 aliphatic carbocycles. The van der Waals surface area contributed by atoms with Gasteiger partial charge >= 0.3 is 0 Å². The molecule has 148 valence electrons. The molecule has 2 fully saturated rings. The molecule has 1 heterocycles. The van der Waals surface area contributed by atoms with Crippen LogP contribution in [-0.2, 0) is 9.59 Å². The smallest absolute Gasteiger partial charge is 0.227 e. The molecule has 0 unspecified atom stereocenters. The lowest BCUT2D eigenvalue weighted by atomic mass is 9.71. The fourth-order valence-corrected chi connectivity index (χ4v) is 4.36. The van der Waals surface area contributed by atoms with Crippen molar-refractivity contribution in [3.63, 3.8) is 0 Å². The molecule has 0 spiro atoms. The highest BCUT2D eigenvalue weighted by atomic mass is 19.1. The molecule has 5 nitrogen and oxygen atoms in total. The van der Waals surface area contributed by atoms with Crippen LogP contribution in [0.25, 0.3) is 0 Å². The summed E-state index contributed by atoms with van der Waals surface area (Å²) in [6.45, 7) is 1.80. The number of hydrogen-bond donors (Lipinski definition) is 2. The molecule has 0 atom stereocenters. The van der Waals surface area contributed by atoms with Crippen molar-refractivity contribution < 1.29 is 14.0 Å². The van der Waals surface area contributed by atoms with E-state index in [1.807, 2.05) is 4.90 Å². The fraction of sp³-hybridized carbons (Fsp3) is 0.619. The van der Waals surface area contributed by atoms with E-state index in [4.69, 9.17) is 5.73 Å². The van der Waals surface area contributed by atoms with E-state index < -0.39 is 0 Å². The Morgan fingerprint density at radius 1 is 1.11 bits per heavy atom. The predicted molar refractivity (Wildman–Crippen MR) is 104 cm³/mol.